The number of Topliss-reactive ketones (excluding diaryl/α,β-unsaturated/α-hetero) is 1. The quantitative estimate of drug-likeness (QED) is 0.114. The summed E-state index contributed by atoms with van der Waals surface area (Å²) in [5, 5.41) is 5.47. The topological polar surface area (TPSA) is 129 Å². The molecule has 50 heavy (non-hydrogen) atoms. The molecule has 10 nitrogen and oxygen atoms in total. The number of nitrogens with zero attached hydrogens (tertiary/aromatic N) is 3. The summed E-state index contributed by atoms with van der Waals surface area (Å²) in [7, 11) is 1.30. The van der Waals surface area contributed by atoms with Crippen LogP contribution in [0.2, 0.25) is 0 Å². The Morgan fingerprint density at radius 1 is 1.10 bits per heavy atom. The highest BCUT2D eigenvalue weighted by Crippen LogP contribution is 2.59. The second-order valence-corrected chi connectivity index (χ2v) is 13.2. The van der Waals surface area contributed by atoms with Crippen LogP contribution in [-0.4, -0.2) is 64.2 Å². The molecule has 2 aromatic heterocycles. The van der Waals surface area contributed by atoms with E-state index in [1.54, 1.807) is 0 Å². The number of carbonyl (C=O) groups excluding carboxylic acids is 3. The third kappa shape index (κ3) is 8.69. The molecule has 5 rings (SSSR count). The van der Waals surface area contributed by atoms with Crippen molar-refractivity contribution < 1.29 is 36.7 Å². The number of amides is 2. The molecule has 1 spiro atoms. The summed E-state index contributed by atoms with van der Waals surface area (Å²) >= 11 is 0. The van der Waals surface area contributed by atoms with Crippen LogP contribution in [0, 0.1) is 17.2 Å². The van der Waals surface area contributed by atoms with Crippen LogP contribution in [0.25, 0.3) is 11.3 Å². The summed E-state index contributed by atoms with van der Waals surface area (Å²) in [6.07, 6.45) is 4.42. The van der Waals surface area contributed by atoms with Crippen molar-refractivity contribution in [3.8, 4) is 17.0 Å². The lowest BCUT2D eigenvalue weighted by molar-refractivity contribution is -0.137. The number of benzene rings is 1. The van der Waals surface area contributed by atoms with Gasteiger partial charge in [0.2, 0.25) is 5.91 Å². The molecule has 1 saturated heterocycles. The maximum Gasteiger partial charge on any atom is 0.416 e. The van der Waals surface area contributed by atoms with Crippen LogP contribution in [0.4, 0.5) is 23.4 Å². The summed E-state index contributed by atoms with van der Waals surface area (Å²) in [5.41, 5.74) is -0.907. The number of halogens is 4. The van der Waals surface area contributed by atoms with Gasteiger partial charge in [0, 0.05) is 30.5 Å². The summed E-state index contributed by atoms with van der Waals surface area (Å²) in [6, 6.07) is 3.20. The molecule has 3 heterocycles. The number of aromatic amines is 1. The van der Waals surface area contributed by atoms with E-state index in [4.69, 9.17) is 4.74 Å². The van der Waals surface area contributed by atoms with E-state index in [0.29, 0.717) is 31.2 Å². The predicted molar refractivity (Wildman–Crippen MR) is 179 cm³/mol. The van der Waals surface area contributed by atoms with Crippen LogP contribution in [0.15, 0.2) is 36.7 Å². The largest absolute Gasteiger partial charge is 0.496 e. The zero-order valence-corrected chi connectivity index (χ0v) is 28.6. The first-order valence-corrected chi connectivity index (χ1v) is 17.2. The molecule has 1 aliphatic carbocycles. The van der Waals surface area contributed by atoms with E-state index in [-0.39, 0.29) is 51.4 Å². The van der Waals surface area contributed by atoms with Crippen molar-refractivity contribution in [2.24, 2.45) is 11.3 Å². The van der Waals surface area contributed by atoms with E-state index in [9.17, 15) is 27.6 Å². The monoisotopic (exact) mass is 700 g/mol. The van der Waals surface area contributed by atoms with Gasteiger partial charge in [0.15, 0.2) is 0 Å². The van der Waals surface area contributed by atoms with E-state index in [1.807, 2.05) is 6.92 Å². The molecule has 1 aromatic carbocycles. The highest BCUT2D eigenvalue weighted by molar-refractivity contribution is 6.04. The number of imidazole rings is 1. The van der Waals surface area contributed by atoms with Crippen molar-refractivity contribution in [3.63, 3.8) is 0 Å². The highest BCUT2D eigenvalue weighted by Gasteiger charge is 2.58. The number of likely N-dealkylation sites (tertiary alicyclic amines) is 1. The SMILES string of the molecule is CCC(=O)CCCCC[C@H](NC(=O)[C@H]1CC12CCN(CC)CC2)c1ncc(-c2c(F)cc(C(=O)Nc3cc(C(F)(F)F)ccn3)cc2OC)[nH]1. The number of ether oxygens (including phenoxy) is 1. The number of carbonyl (C=O) groups is 3. The zero-order valence-electron chi connectivity index (χ0n) is 28.6. The van der Waals surface area contributed by atoms with Crippen LogP contribution in [0.3, 0.4) is 0 Å². The van der Waals surface area contributed by atoms with Gasteiger partial charge in [0.05, 0.1) is 36.2 Å². The molecule has 0 bridgehead atoms. The van der Waals surface area contributed by atoms with Gasteiger partial charge in [-0.25, -0.2) is 14.4 Å². The van der Waals surface area contributed by atoms with Gasteiger partial charge in [-0.2, -0.15) is 13.2 Å². The summed E-state index contributed by atoms with van der Waals surface area (Å²) in [6.45, 7) is 6.95. The minimum absolute atomic E-state index is 0.00743. The van der Waals surface area contributed by atoms with E-state index in [0.717, 1.165) is 76.5 Å². The molecule has 2 aliphatic rings. The molecule has 2 amide bonds. The normalized spacial score (nSPS) is 17.7. The van der Waals surface area contributed by atoms with Crippen molar-refractivity contribution in [3.05, 3.63) is 59.4 Å². The van der Waals surface area contributed by atoms with Crippen molar-refractivity contribution in [1.82, 2.24) is 25.2 Å². The van der Waals surface area contributed by atoms with Crippen LogP contribution in [-0.2, 0) is 15.8 Å². The first kappa shape index (κ1) is 36.9. The van der Waals surface area contributed by atoms with Gasteiger partial charge in [0.25, 0.3) is 5.91 Å². The number of unbranched alkanes of at least 4 members (excludes halogenated alkanes) is 2. The first-order valence-electron chi connectivity index (χ1n) is 17.2. The van der Waals surface area contributed by atoms with Crippen molar-refractivity contribution in [2.75, 3.05) is 32.1 Å². The Balaban J connectivity index is 1.32. The number of ketones is 1. The number of anilines is 1. The molecule has 1 aliphatic heterocycles. The zero-order chi connectivity index (χ0) is 36.1. The predicted octanol–water partition coefficient (Wildman–Crippen LogP) is 7.10. The van der Waals surface area contributed by atoms with Gasteiger partial charge in [-0.1, -0.05) is 26.7 Å². The van der Waals surface area contributed by atoms with Crippen molar-refractivity contribution >= 4 is 23.4 Å². The number of nitrogens with one attached hydrogen (secondary N) is 3. The molecule has 0 unspecified atom stereocenters. The number of piperidine rings is 1. The smallest absolute Gasteiger partial charge is 0.416 e. The minimum atomic E-state index is -4.63. The summed E-state index contributed by atoms with van der Waals surface area (Å²) in [4.78, 5) is 52.1. The fraction of sp³-hybridized carbons (Fsp3) is 0.528. The van der Waals surface area contributed by atoms with Gasteiger partial charge < -0.3 is 25.3 Å². The Morgan fingerprint density at radius 2 is 1.86 bits per heavy atom. The Labute approximate surface area is 288 Å². The number of hydrogen-bond acceptors (Lipinski definition) is 7. The van der Waals surface area contributed by atoms with E-state index in [2.05, 4.69) is 37.4 Å². The Morgan fingerprint density at radius 3 is 2.54 bits per heavy atom. The number of alkyl halides is 3. The highest BCUT2D eigenvalue weighted by atomic mass is 19.4. The number of hydrogen-bond donors (Lipinski definition) is 3. The molecule has 0 radical (unpaired) electrons. The standard InChI is InChI=1S/C36H44F4N6O4/c1-4-24(47)9-7-6-8-10-27(44-34(49)25-20-35(25)12-15-46(5-2)16-13-35)32-42-21-28(43-32)31-26(37)17-22(18-29(31)50-3)33(48)45-30-19-23(11-14-41-30)36(38,39)40/h11,14,17-19,21,25,27H,4-10,12-13,15-16,20H2,1-3H3,(H,42,43)(H,44,49)(H,41,45,48)/t25-,27+/m1/s1. The number of H-pyrrole nitrogens is 1. The van der Waals surface area contributed by atoms with Gasteiger partial charge in [-0.3, -0.25) is 14.4 Å². The van der Waals surface area contributed by atoms with Crippen LogP contribution < -0.4 is 15.4 Å². The average molecular weight is 701 g/mol. The molecule has 2 fully saturated rings. The third-order valence-corrected chi connectivity index (χ3v) is 10.0. The van der Waals surface area contributed by atoms with Crippen LogP contribution in [0.5, 0.6) is 5.75 Å². The second-order valence-electron chi connectivity index (χ2n) is 13.2. The third-order valence-electron chi connectivity index (χ3n) is 10.0. The Hall–Kier alpha value is -4.33. The lowest BCUT2D eigenvalue weighted by atomic mass is 9.90. The van der Waals surface area contributed by atoms with E-state index < -0.39 is 29.5 Å². The fourth-order valence-electron chi connectivity index (χ4n) is 6.80. The van der Waals surface area contributed by atoms with Crippen LogP contribution in [0.1, 0.15) is 99.4 Å². The van der Waals surface area contributed by atoms with Crippen LogP contribution >= 0.6 is 0 Å². The summed E-state index contributed by atoms with van der Waals surface area (Å²) in [5.74, 6) is -1.51. The average Bonchev–Trinajstić information content (AvgIpc) is 3.58. The summed E-state index contributed by atoms with van der Waals surface area (Å²) < 4.78 is 60.5. The van der Waals surface area contributed by atoms with Gasteiger partial charge >= 0.3 is 6.18 Å². The van der Waals surface area contributed by atoms with Gasteiger partial charge in [0.1, 0.15) is 29.0 Å². The lowest BCUT2D eigenvalue weighted by Gasteiger charge is -2.32. The van der Waals surface area contributed by atoms with E-state index >= 15 is 4.39 Å². The molecule has 14 heteroatoms. The molecule has 270 valence electrons. The second kappa shape index (κ2) is 15.7. The molecule has 3 N–H and O–H groups in total. The van der Waals surface area contributed by atoms with Crippen molar-refractivity contribution in [2.45, 2.75) is 83.9 Å². The Bertz CT molecular complexity index is 1680. The number of methoxy groups -OCH3 is 1. The van der Waals surface area contributed by atoms with Gasteiger partial charge in [-0.05, 0) is 81.4 Å². The minimum Gasteiger partial charge on any atom is -0.496 e. The number of rotatable bonds is 15. The Kier molecular flexibility index (Phi) is 11.6. The first-order chi connectivity index (χ1) is 23.9. The number of pyridine rings is 1. The van der Waals surface area contributed by atoms with Crippen molar-refractivity contribution in [1.29, 1.82) is 0 Å². The molecule has 2 atom stereocenters. The molecular weight excluding hydrogens is 656 g/mol. The van der Waals surface area contributed by atoms with Gasteiger partial charge in [-0.15, -0.1) is 0 Å². The maximum absolute atomic E-state index is 15.7. The maximum atomic E-state index is 15.7. The number of aromatic nitrogens is 3. The van der Waals surface area contributed by atoms with E-state index in [1.165, 1.54) is 19.4 Å². The lowest BCUT2D eigenvalue weighted by Crippen LogP contribution is -2.37. The molecular formula is C36H44F4N6O4. The fourth-order valence-corrected chi connectivity index (χ4v) is 6.80. The molecule has 3 aromatic rings. The molecule has 1 saturated carbocycles.